The monoisotopic (exact) mass is 354 g/mol. The van der Waals surface area contributed by atoms with E-state index < -0.39 is 20.6 Å². The zero-order chi connectivity index (χ0) is 16.4. The molecule has 1 aliphatic rings. The van der Waals surface area contributed by atoms with Gasteiger partial charge >= 0.3 is 0 Å². The van der Waals surface area contributed by atoms with Crippen LogP contribution in [-0.2, 0) is 23.0 Å². The summed E-state index contributed by atoms with van der Waals surface area (Å²) in [6, 6.07) is 5.29. The predicted octanol–water partition coefficient (Wildman–Crippen LogP) is 1.42. The SMILES string of the molecule is O=[N+]([O-])c1ccccc1S(=O)(=O)NCCc1cn2c(n1)SCC2. The van der Waals surface area contributed by atoms with E-state index in [4.69, 9.17) is 0 Å². The summed E-state index contributed by atoms with van der Waals surface area (Å²) in [7, 11) is -3.93. The van der Waals surface area contributed by atoms with Crippen molar-refractivity contribution < 1.29 is 13.3 Å². The molecule has 0 bridgehead atoms. The number of aromatic nitrogens is 2. The highest BCUT2D eigenvalue weighted by molar-refractivity contribution is 7.99. The van der Waals surface area contributed by atoms with E-state index in [1.807, 2.05) is 10.8 Å². The summed E-state index contributed by atoms with van der Waals surface area (Å²) in [5.41, 5.74) is 0.370. The van der Waals surface area contributed by atoms with Crippen LogP contribution in [0.2, 0.25) is 0 Å². The molecule has 8 nitrogen and oxygen atoms in total. The molecular weight excluding hydrogens is 340 g/mol. The number of thioether (sulfide) groups is 1. The molecular formula is C13H14N4O4S2. The van der Waals surface area contributed by atoms with E-state index in [1.54, 1.807) is 11.8 Å². The third-order valence-corrected chi connectivity index (χ3v) is 5.86. The number of hydrogen-bond donors (Lipinski definition) is 1. The lowest BCUT2D eigenvalue weighted by Gasteiger charge is -2.06. The molecule has 0 atom stereocenters. The van der Waals surface area contributed by atoms with Crippen LogP contribution in [0.5, 0.6) is 0 Å². The van der Waals surface area contributed by atoms with Gasteiger partial charge in [0.1, 0.15) is 0 Å². The fraction of sp³-hybridized carbons (Fsp3) is 0.308. The highest BCUT2D eigenvalue weighted by Gasteiger charge is 2.24. The van der Waals surface area contributed by atoms with Gasteiger partial charge in [0.25, 0.3) is 5.69 Å². The second-order valence-electron chi connectivity index (χ2n) is 4.93. The quantitative estimate of drug-likeness (QED) is 0.621. The molecule has 1 N–H and O–H groups in total. The van der Waals surface area contributed by atoms with E-state index in [-0.39, 0.29) is 11.4 Å². The van der Waals surface area contributed by atoms with Gasteiger partial charge in [0, 0.05) is 37.5 Å². The topological polar surface area (TPSA) is 107 Å². The van der Waals surface area contributed by atoms with Gasteiger partial charge in [-0.15, -0.1) is 0 Å². The molecule has 0 saturated heterocycles. The van der Waals surface area contributed by atoms with Crippen LogP contribution in [0.15, 0.2) is 40.5 Å². The summed E-state index contributed by atoms with van der Waals surface area (Å²) in [6.07, 6.45) is 2.34. The van der Waals surface area contributed by atoms with Gasteiger partial charge in [0.15, 0.2) is 10.1 Å². The number of rotatable bonds is 6. The van der Waals surface area contributed by atoms with Crippen molar-refractivity contribution in [3.05, 3.63) is 46.3 Å². The molecule has 1 aromatic heterocycles. The van der Waals surface area contributed by atoms with E-state index in [1.165, 1.54) is 24.3 Å². The number of imidazole rings is 1. The Labute approximate surface area is 137 Å². The Kier molecular flexibility index (Phi) is 4.37. The molecule has 0 fully saturated rings. The highest BCUT2D eigenvalue weighted by Crippen LogP contribution is 2.25. The minimum absolute atomic E-state index is 0.134. The number of aryl methyl sites for hydroxylation is 1. The van der Waals surface area contributed by atoms with Gasteiger partial charge in [-0.2, -0.15) is 0 Å². The normalized spacial score (nSPS) is 13.9. The first-order valence-electron chi connectivity index (χ1n) is 6.89. The molecule has 23 heavy (non-hydrogen) atoms. The summed E-state index contributed by atoms with van der Waals surface area (Å²) in [5, 5.41) is 11.9. The smallest absolute Gasteiger partial charge is 0.289 e. The maximum absolute atomic E-state index is 12.2. The van der Waals surface area contributed by atoms with Gasteiger partial charge in [-0.1, -0.05) is 23.9 Å². The van der Waals surface area contributed by atoms with E-state index in [9.17, 15) is 18.5 Å². The molecule has 1 aromatic carbocycles. The Bertz CT molecular complexity index is 826. The summed E-state index contributed by atoms with van der Waals surface area (Å²) >= 11 is 1.67. The first kappa shape index (κ1) is 16.0. The molecule has 0 radical (unpaired) electrons. The number of nitrogens with one attached hydrogen (secondary N) is 1. The lowest BCUT2D eigenvalue weighted by molar-refractivity contribution is -0.387. The van der Waals surface area contributed by atoms with Crippen LogP contribution >= 0.6 is 11.8 Å². The van der Waals surface area contributed by atoms with Crippen molar-refractivity contribution in [2.24, 2.45) is 0 Å². The Morgan fingerprint density at radius 2 is 2.17 bits per heavy atom. The largest absolute Gasteiger partial charge is 0.325 e. The lowest BCUT2D eigenvalue weighted by Crippen LogP contribution is -2.26. The van der Waals surface area contributed by atoms with Gasteiger partial charge in [-0.05, 0) is 6.07 Å². The Balaban J connectivity index is 1.68. The summed E-state index contributed by atoms with van der Waals surface area (Å²) in [4.78, 5) is 14.3. The fourth-order valence-corrected chi connectivity index (χ4v) is 4.47. The molecule has 0 amide bonds. The Morgan fingerprint density at radius 1 is 1.39 bits per heavy atom. The zero-order valence-corrected chi connectivity index (χ0v) is 13.6. The first-order valence-corrected chi connectivity index (χ1v) is 9.36. The third-order valence-electron chi connectivity index (χ3n) is 3.38. The highest BCUT2D eigenvalue weighted by atomic mass is 32.2. The number of nitrogens with zero attached hydrogens (tertiary/aromatic N) is 3. The molecule has 2 heterocycles. The van der Waals surface area contributed by atoms with Crippen molar-refractivity contribution in [1.29, 1.82) is 0 Å². The number of para-hydroxylation sites is 1. The van der Waals surface area contributed by atoms with Crippen molar-refractivity contribution in [3.8, 4) is 0 Å². The number of fused-ring (bicyclic) bond motifs is 1. The van der Waals surface area contributed by atoms with Gasteiger partial charge in [0.2, 0.25) is 10.0 Å². The Hall–Kier alpha value is -1.91. The number of hydrogen-bond acceptors (Lipinski definition) is 6. The maximum atomic E-state index is 12.2. The predicted molar refractivity (Wildman–Crippen MR) is 84.9 cm³/mol. The second-order valence-corrected chi connectivity index (χ2v) is 7.73. The first-order chi connectivity index (χ1) is 11.0. The maximum Gasteiger partial charge on any atom is 0.289 e. The number of sulfonamides is 1. The molecule has 3 rings (SSSR count). The molecule has 1 aliphatic heterocycles. The average molecular weight is 354 g/mol. The van der Waals surface area contributed by atoms with Crippen LogP contribution in [-0.4, -0.2) is 35.2 Å². The van der Waals surface area contributed by atoms with Crippen LogP contribution in [0.1, 0.15) is 5.69 Å². The van der Waals surface area contributed by atoms with Crippen LogP contribution in [0.3, 0.4) is 0 Å². The molecule has 0 unspecified atom stereocenters. The van der Waals surface area contributed by atoms with Gasteiger partial charge in [-0.3, -0.25) is 10.1 Å². The third kappa shape index (κ3) is 3.38. The van der Waals surface area contributed by atoms with Gasteiger partial charge in [-0.25, -0.2) is 18.1 Å². The summed E-state index contributed by atoms with van der Waals surface area (Å²) in [5.74, 6) is 1.01. The van der Waals surface area contributed by atoms with Crippen molar-refractivity contribution in [3.63, 3.8) is 0 Å². The van der Waals surface area contributed by atoms with Crippen molar-refractivity contribution in [2.75, 3.05) is 12.3 Å². The summed E-state index contributed by atoms with van der Waals surface area (Å²) in [6.45, 7) is 1.05. The molecule has 10 heteroatoms. The average Bonchev–Trinajstić information content (AvgIpc) is 3.08. The number of nitro groups is 1. The second kappa shape index (κ2) is 6.30. The van der Waals surface area contributed by atoms with Gasteiger partial charge < -0.3 is 4.57 Å². The number of nitro benzene ring substituents is 1. The lowest BCUT2D eigenvalue weighted by atomic mass is 10.3. The van der Waals surface area contributed by atoms with Crippen LogP contribution in [0.25, 0.3) is 0 Å². The van der Waals surface area contributed by atoms with E-state index in [0.717, 1.165) is 23.1 Å². The van der Waals surface area contributed by atoms with E-state index >= 15 is 0 Å². The van der Waals surface area contributed by atoms with Crippen molar-refractivity contribution in [1.82, 2.24) is 14.3 Å². The van der Waals surface area contributed by atoms with Crippen LogP contribution in [0, 0.1) is 10.1 Å². The molecule has 2 aromatic rings. The van der Waals surface area contributed by atoms with Crippen LogP contribution in [0.4, 0.5) is 5.69 Å². The molecule has 0 spiro atoms. The van der Waals surface area contributed by atoms with E-state index in [0.29, 0.717) is 6.42 Å². The zero-order valence-electron chi connectivity index (χ0n) is 12.0. The summed E-state index contributed by atoms with van der Waals surface area (Å²) < 4.78 is 28.9. The standard InChI is InChI=1S/C13H14N4O4S2/c18-17(19)11-3-1-2-4-12(11)23(20,21)14-6-5-10-9-16-7-8-22-13(16)15-10/h1-4,9,14H,5-8H2. The van der Waals surface area contributed by atoms with Gasteiger partial charge in [0.05, 0.1) is 10.6 Å². The van der Waals surface area contributed by atoms with Crippen molar-refractivity contribution in [2.45, 2.75) is 23.0 Å². The molecule has 0 aliphatic carbocycles. The number of benzene rings is 1. The minimum Gasteiger partial charge on any atom is -0.325 e. The van der Waals surface area contributed by atoms with Crippen molar-refractivity contribution >= 4 is 27.5 Å². The Morgan fingerprint density at radius 3 is 2.91 bits per heavy atom. The minimum atomic E-state index is -3.93. The fourth-order valence-electron chi connectivity index (χ4n) is 2.31. The molecule has 122 valence electrons. The molecule has 0 saturated carbocycles. The van der Waals surface area contributed by atoms with Crippen LogP contribution < -0.4 is 4.72 Å². The van der Waals surface area contributed by atoms with E-state index in [2.05, 4.69) is 9.71 Å².